The summed E-state index contributed by atoms with van der Waals surface area (Å²) in [4.78, 5) is 0. The molecule has 1 rings (SSSR count). The fraction of sp³-hybridized carbons (Fsp3) is 1.00. The first kappa shape index (κ1) is 12.4. The summed E-state index contributed by atoms with van der Waals surface area (Å²) in [6.45, 7) is 7.97. The lowest BCUT2D eigenvalue weighted by Crippen LogP contribution is -2.41. The third kappa shape index (κ3) is 3.82. The quantitative estimate of drug-likeness (QED) is 0.699. The molecule has 2 atom stereocenters. The Hall–Kier alpha value is 0.310. The molecular formula is C12H25NS. The topological polar surface area (TPSA) is 12.0 Å². The predicted octanol–water partition coefficient (Wildman–Crippen LogP) is 3.30. The van der Waals surface area contributed by atoms with Crippen molar-refractivity contribution in [2.75, 3.05) is 12.3 Å². The van der Waals surface area contributed by atoms with Crippen LogP contribution in [0.2, 0.25) is 0 Å². The van der Waals surface area contributed by atoms with Crippen molar-refractivity contribution in [1.29, 1.82) is 0 Å². The van der Waals surface area contributed by atoms with Crippen LogP contribution in [-0.2, 0) is 0 Å². The molecule has 0 radical (unpaired) electrons. The molecule has 0 heterocycles. The van der Waals surface area contributed by atoms with Crippen LogP contribution >= 0.6 is 11.8 Å². The van der Waals surface area contributed by atoms with Crippen molar-refractivity contribution < 1.29 is 0 Å². The van der Waals surface area contributed by atoms with E-state index in [0.717, 1.165) is 23.8 Å². The highest BCUT2D eigenvalue weighted by Gasteiger charge is 2.26. The third-order valence-corrected chi connectivity index (χ3v) is 4.77. The predicted molar refractivity (Wildman–Crippen MR) is 67.0 cm³/mol. The number of thioether (sulfide) groups is 1. The average Bonchev–Trinajstić information content (AvgIpc) is 2.11. The van der Waals surface area contributed by atoms with Gasteiger partial charge < -0.3 is 5.32 Å². The first-order valence-corrected chi connectivity index (χ1v) is 7.17. The van der Waals surface area contributed by atoms with Gasteiger partial charge in [-0.1, -0.05) is 27.2 Å². The Bertz CT molecular complexity index is 145. The van der Waals surface area contributed by atoms with Crippen molar-refractivity contribution in [3.63, 3.8) is 0 Å². The molecule has 1 N–H and O–H groups in total. The van der Waals surface area contributed by atoms with Crippen LogP contribution < -0.4 is 5.32 Å². The number of hydrogen-bond acceptors (Lipinski definition) is 2. The third-order valence-electron chi connectivity index (χ3n) is 3.32. The zero-order valence-corrected chi connectivity index (χ0v) is 10.7. The van der Waals surface area contributed by atoms with Crippen LogP contribution in [0.3, 0.4) is 0 Å². The fourth-order valence-corrected chi connectivity index (χ4v) is 3.01. The Kier molecular flexibility index (Phi) is 5.95. The highest BCUT2D eigenvalue weighted by atomic mass is 32.2. The second-order valence-electron chi connectivity index (χ2n) is 4.41. The summed E-state index contributed by atoms with van der Waals surface area (Å²) >= 11 is 2.14. The summed E-state index contributed by atoms with van der Waals surface area (Å²) in [5, 5.41) is 4.47. The molecule has 14 heavy (non-hydrogen) atoms. The van der Waals surface area contributed by atoms with E-state index in [1.807, 2.05) is 0 Å². The Morgan fingerprint density at radius 2 is 2.07 bits per heavy atom. The molecule has 2 unspecified atom stereocenters. The minimum absolute atomic E-state index is 0.785. The fourth-order valence-electron chi connectivity index (χ4n) is 1.85. The molecule has 0 aromatic heterocycles. The van der Waals surface area contributed by atoms with Gasteiger partial charge in [-0.15, -0.1) is 0 Å². The molecule has 1 aliphatic carbocycles. The van der Waals surface area contributed by atoms with Crippen LogP contribution in [0, 0.1) is 5.92 Å². The van der Waals surface area contributed by atoms with E-state index in [1.54, 1.807) is 0 Å². The lowest BCUT2D eigenvalue weighted by Gasteiger charge is -2.34. The van der Waals surface area contributed by atoms with Gasteiger partial charge in [-0.25, -0.2) is 0 Å². The monoisotopic (exact) mass is 215 g/mol. The van der Waals surface area contributed by atoms with Gasteiger partial charge in [-0.3, -0.25) is 0 Å². The highest BCUT2D eigenvalue weighted by molar-refractivity contribution is 7.99. The second-order valence-corrected chi connectivity index (χ2v) is 5.88. The van der Waals surface area contributed by atoms with Gasteiger partial charge in [0.1, 0.15) is 0 Å². The molecule has 84 valence electrons. The highest BCUT2D eigenvalue weighted by Crippen LogP contribution is 2.31. The Labute approximate surface area is 93.4 Å². The van der Waals surface area contributed by atoms with Crippen molar-refractivity contribution in [2.45, 2.75) is 57.7 Å². The summed E-state index contributed by atoms with van der Waals surface area (Å²) in [5.41, 5.74) is 0. The largest absolute Gasteiger partial charge is 0.313 e. The molecule has 1 nitrogen and oxygen atoms in total. The molecule has 0 aromatic rings. The van der Waals surface area contributed by atoms with E-state index < -0.39 is 0 Å². The molecule has 0 bridgehead atoms. The Balaban J connectivity index is 2.20. The van der Waals surface area contributed by atoms with Crippen LogP contribution in [0.15, 0.2) is 0 Å². The van der Waals surface area contributed by atoms with Gasteiger partial charge in [-0.05, 0) is 31.7 Å². The smallest absolute Gasteiger partial charge is 0.0186 e. The molecular weight excluding hydrogens is 190 g/mol. The van der Waals surface area contributed by atoms with E-state index in [2.05, 4.69) is 37.8 Å². The SMILES string of the molecule is CCNC(CSC(C)CC)C1CCC1. The zero-order chi connectivity index (χ0) is 10.4. The number of rotatable bonds is 7. The van der Waals surface area contributed by atoms with Crippen molar-refractivity contribution in [3.8, 4) is 0 Å². The number of hydrogen-bond donors (Lipinski definition) is 1. The van der Waals surface area contributed by atoms with E-state index in [4.69, 9.17) is 0 Å². The molecule has 1 aliphatic rings. The van der Waals surface area contributed by atoms with Crippen LogP contribution in [-0.4, -0.2) is 23.6 Å². The lowest BCUT2D eigenvalue weighted by atomic mass is 9.80. The summed E-state index contributed by atoms with van der Waals surface area (Å²) in [6.07, 6.45) is 5.67. The maximum Gasteiger partial charge on any atom is 0.0186 e. The standard InChI is InChI=1S/C12H25NS/c1-4-10(3)14-9-12(13-5-2)11-7-6-8-11/h10-13H,4-9H2,1-3H3. The van der Waals surface area contributed by atoms with Crippen molar-refractivity contribution in [1.82, 2.24) is 5.32 Å². The number of nitrogens with one attached hydrogen (secondary N) is 1. The molecule has 0 spiro atoms. The van der Waals surface area contributed by atoms with Gasteiger partial charge in [0.15, 0.2) is 0 Å². The normalized spacial score (nSPS) is 21.6. The molecule has 0 saturated heterocycles. The first-order chi connectivity index (χ1) is 6.77. The van der Waals surface area contributed by atoms with Gasteiger partial charge in [0.05, 0.1) is 0 Å². The van der Waals surface area contributed by atoms with Gasteiger partial charge in [0.2, 0.25) is 0 Å². The van der Waals surface area contributed by atoms with E-state index >= 15 is 0 Å². The van der Waals surface area contributed by atoms with E-state index in [0.29, 0.717) is 0 Å². The van der Waals surface area contributed by atoms with Gasteiger partial charge in [0, 0.05) is 17.0 Å². The van der Waals surface area contributed by atoms with E-state index in [9.17, 15) is 0 Å². The van der Waals surface area contributed by atoms with Crippen LogP contribution in [0.1, 0.15) is 46.5 Å². The zero-order valence-electron chi connectivity index (χ0n) is 9.88. The molecule has 0 amide bonds. The Morgan fingerprint density at radius 1 is 1.36 bits per heavy atom. The molecule has 1 fully saturated rings. The molecule has 2 heteroatoms. The first-order valence-electron chi connectivity index (χ1n) is 6.12. The maximum atomic E-state index is 3.64. The van der Waals surface area contributed by atoms with E-state index in [-0.39, 0.29) is 0 Å². The second kappa shape index (κ2) is 6.73. The molecule has 0 aliphatic heterocycles. The van der Waals surface area contributed by atoms with Gasteiger partial charge >= 0.3 is 0 Å². The van der Waals surface area contributed by atoms with Crippen molar-refractivity contribution >= 4 is 11.8 Å². The molecule has 1 saturated carbocycles. The average molecular weight is 215 g/mol. The maximum absolute atomic E-state index is 3.64. The van der Waals surface area contributed by atoms with Crippen molar-refractivity contribution in [3.05, 3.63) is 0 Å². The van der Waals surface area contributed by atoms with E-state index in [1.165, 1.54) is 31.4 Å². The Morgan fingerprint density at radius 3 is 2.50 bits per heavy atom. The lowest BCUT2D eigenvalue weighted by molar-refractivity contribution is 0.246. The molecule has 0 aromatic carbocycles. The van der Waals surface area contributed by atoms with Gasteiger partial charge in [0.25, 0.3) is 0 Å². The van der Waals surface area contributed by atoms with Crippen LogP contribution in [0.5, 0.6) is 0 Å². The minimum atomic E-state index is 0.785. The summed E-state index contributed by atoms with van der Waals surface area (Å²) in [7, 11) is 0. The summed E-state index contributed by atoms with van der Waals surface area (Å²) in [6, 6.07) is 0.785. The van der Waals surface area contributed by atoms with Gasteiger partial charge in [-0.2, -0.15) is 11.8 Å². The van der Waals surface area contributed by atoms with Crippen molar-refractivity contribution in [2.24, 2.45) is 5.92 Å². The van der Waals surface area contributed by atoms with Crippen LogP contribution in [0.25, 0.3) is 0 Å². The summed E-state index contributed by atoms with van der Waals surface area (Å²) in [5.74, 6) is 2.29. The minimum Gasteiger partial charge on any atom is -0.313 e. The summed E-state index contributed by atoms with van der Waals surface area (Å²) < 4.78 is 0. The van der Waals surface area contributed by atoms with Crippen LogP contribution in [0.4, 0.5) is 0 Å².